The fourth-order valence-corrected chi connectivity index (χ4v) is 2.65. The third kappa shape index (κ3) is 2.39. The van der Waals surface area contributed by atoms with Crippen molar-refractivity contribution in [1.82, 2.24) is 4.98 Å². The van der Waals surface area contributed by atoms with Crippen molar-refractivity contribution in [2.24, 2.45) is 5.73 Å². The number of anilines is 2. The summed E-state index contributed by atoms with van der Waals surface area (Å²) in [7, 11) is 0. The van der Waals surface area contributed by atoms with Gasteiger partial charge in [0.25, 0.3) is 5.91 Å². The monoisotopic (exact) mass is 248 g/mol. The number of nitrogens with zero attached hydrogens (tertiary/aromatic N) is 2. The molecule has 2 rings (SSSR count). The first kappa shape index (κ1) is 12.7. The van der Waals surface area contributed by atoms with Gasteiger partial charge in [-0.15, -0.1) is 0 Å². The number of amides is 1. The average Bonchev–Trinajstić information content (AvgIpc) is 2.85. The number of carbonyl (C=O) groups excluding carboxylic acids is 1. The van der Waals surface area contributed by atoms with Crippen LogP contribution in [0.4, 0.5) is 11.5 Å². The molecule has 0 aromatic carbocycles. The van der Waals surface area contributed by atoms with E-state index >= 15 is 0 Å². The summed E-state index contributed by atoms with van der Waals surface area (Å²) in [5.41, 5.74) is 11.7. The zero-order chi connectivity index (χ0) is 13.1. The van der Waals surface area contributed by atoms with Crippen LogP contribution in [-0.2, 0) is 0 Å². The number of aromatic nitrogens is 1. The second-order valence-electron chi connectivity index (χ2n) is 4.72. The Bertz CT molecular complexity index is 441. The van der Waals surface area contributed by atoms with Gasteiger partial charge in [-0.3, -0.25) is 4.79 Å². The second kappa shape index (κ2) is 5.25. The molecule has 0 aliphatic heterocycles. The van der Waals surface area contributed by atoms with Crippen molar-refractivity contribution in [3.63, 3.8) is 0 Å². The molecule has 0 saturated heterocycles. The Morgan fingerprint density at radius 2 is 2.17 bits per heavy atom. The van der Waals surface area contributed by atoms with E-state index in [1.54, 1.807) is 6.07 Å². The minimum absolute atomic E-state index is 0.341. The van der Waals surface area contributed by atoms with E-state index in [-0.39, 0.29) is 0 Å². The zero-order valence-electron chi connectivity index (χ0n) is 10.7. The summed E-state index contributed by atoms with van der Waals surface area (Å²) in [6.07, 6.45) is 6.42. The Hall–Kier alpha value is -1.78. The molecule has 0 unspecified atom stereocenters. The normalized spacial score (nSPS) is 15.8. The lowest BCUT2D eigenvalue weighted by Crippen LogP contribution is -2.34. The first-order chi connectivity index (χ1) is 8.63. The topological polar surface area (TPSA) is 85.2 Å². The van der Waals surface area contributed by atoms with Gasteiger partial charge in [0.2, 0.25) is 0 Å². The van der Waals surface area contributed by atoms with Crippen LogP contribution < -0.4 is 16.4 Å². The van der Waals surface area contributed by atoms with Crippen molar-refractivity contribution >= 4 is 17.4 Å². The van der Waals surface area contributed by atoms with Crippen LogP contribution in [0, 0.1) is 0 Å². The molecule has 0 spiro atoms. The van der Waals surface area contributed by atoms with Gasteiger partial charge >= 0.3 is 0 Å². The molecular formula is C13H20N4O. The van der Waals surface area contributed by atoms with E-state index in [4.69, 9.17) is 11.5 Å². The summed E-state index contributed by atoms with van der Waals surface area (Å²) in [5.74, 6) is 0.297. The van der Waals surface area contributed by atoms with Gasteiger partial charge in [0.1, 0.15) is 5.82 Å². The molecule has 1 saturated carbocycles. The van der Waals surface area contributed by atoms with Crippen LogP contribution in [0.5, 0.6) is 0 Å². The summed E-state index contributed by atoms with van der Waals surface area (Å²) in [4.78, 5) is 17.9. The Morgan fingerprint density at radius 3 is 2.72 bits per heavy atom. The number of nitrogens with two attached hydrogens (primary N) is 2. The first-order valence-corrected chi connectivity index (χ1v) is 6.45. The minimum Gasteiger partial charge on any atom is -0.397 e. The van der Waals surface area contributed by atoms with E-state index in [1.807, 2.05) is 0 Å². The van der Waals surface area contributed by atoms with E-state index in [9.17, 15) is 4.79 Å². The van der Waals surface area contributed by atoms with Crippen LogP contribution in [-0.4, -0.2) is 23.5 Å². The molecule has 1 aromatic rings. The fourth-order valence-electron chi connectivity index (χ4n) is 2.65. The maximum Gasteiger partial charge on any atom is 0.250 e. The van der Waals surface area contributed by atoms with E-state index in [0.29, 0.717) is 17.3 Å². The Morgan fingerprint density at radius 1 is 1.50 bits per heavy atom. The third-order valence-corrected chi connectivity index (χ3v) is 3.59. The van der Waals surface area contributed by atoms with Crippen molar-refractivity contribution < 1.29 is 4.79 Å². The molecule has 1 heterocycles. The smallest absolute Gasteiger partial charge is 0.250 e. The highest BCUT2D eigenvalue weighted by Crippen LogP contribution is 2.28. The van der Waals surface area contributed by atoms with E-state index in [2.05, 4.69) is 16.8 Å². The molecule has 1 aliphatic carbocycles. The Labute approximate surface area is 107 Å². The maximum atomic E-state index is 11.3. The van der Waals surface area contributed by atoms with Gasteiger partial charge in [0.15, 0.2) is 0 Å². The molecule has 0 bridgehead atoms. The van der Waals surface area contributed by atoms with Crippen LogP contribution in [0.25, 0.3) is 0 Å². The lowest BCUT2D eigenvalue weighted by atomic mass is 10.1. The largest absolute Gasteiger partial charge is 0.397 e. The molecule has 98 valence electrons. The number of rotatable bonds is 4. The van der Waals surface area contributed by atoms with Crippen LogP contribution in [0.2, 0.25) is 0 Å². The molecule has 1 amide bonds. The van der Waals surface area contributed by atoms with Gasteiger partial charge in [-0.2, -0.15) is 0 Å². The predicted molar refractivity (Wildman–Crippen MR) is 72.4 cm³/mol. The third-order valence-electron chi connectivity index (χ3n) is 3.59. The molecule has 0 radical (unpaired) electrons. The van der Waals surface area contributed by atoms with E-state index in [1.165, 1.54) is 31.9 Å². The summed E-state index contributed by atoms with van der Waals surface area (Å²) in [5, 5.41) is 0. The average molecular weight is 248 g/mol. The fraction of sp³-hybridized carbons (Fsp3) is 0.538. The summed E-state index contributed by atoms with van der Waals surface area (Å²) in [6.45, 7) is 2.97. The molecule has 1 fully saturated rings. The number of carbonyl (C=O) groups is 1. The maximum absolute atomic E-state index is 11.3. The van der Waals surface area contributed by atoms with Crippen LogP contribution in [0.3, 0.4) is 0 Å². The Balaban J connectivity index is 2.30. The Kier molecular flexibility index (Phi) is 3.69. The summed E-state index contributed by atoms with van der Waals surface area (Å²) >= 11 is 0. The second-order valence-corrected chi connectivity index (χ2v) is 4.72. The molecular weight excluding hydrogens is 228 g/mol. The van der Waals surface area contributed by atoms with E-state index < -0.39 is 5.91 Å². The van der Waals surface area contributed by atoms with Crippen LogP contribution in [0.1, 0.15) is 43.0 Å². The molecule has 1 aromatic heterocycles. The standard InChI is InChI=1S/C13H20N4O/c1-2-17(9-5-3-4-6-9)12-7-10(13(15)18)11(14)8-16-12/h7-9H,2-6,14H2,1H3,(H2,15,18). The van der Waals surface area contributed by atoms with Gasteiger partial charge in [-0.25, -0.2) is 4.98 Å². The number of nitrogen functional groups attached to an aromatic ring is 1. The van der Waals surface area contributed by atoms with Crippen LogP contribution >= 0.6 is 0 Å². The van der Waals surface area contributed by atoms with Crippen molar-refractivity contribution in [2.45, 2.75) is 38.6 Å². The first-order valence-electron chi connectivity index (χ1n) is 6.45. The van der Waals surface area contributed by atoms with Gasteiger partial charge < -0.3 is 16.4 Å². The summed E-state index contributed by atoms with van der Waals surface area (Å²) in [6, 6.07) is 2.23. The SMILES string of the molecule is CCN(c1cc(C(N)=O)c(N)cn1)C1CCCC1. The van der Waals surface area contributed by atoms with Gasteiger partial charge in [0, 0.05) is 12.6 Å². The molecule has 0 atom stereocenters. The number of hydrogen-bond donors (Lipinski definition) is 2. The number of pyridine rings is 1. The number of hydrogen-bond acceptors (Lipinski definition) is 4. The van der Waals surface area contributed by atoms with Gasteiger partial charge in [0.05, 0.1) is 17.4 Å². The molecule has 5 heteroatoms. The highest BCUT2D eigenvalue weighted by molar-refractivity contribution is 5.98. The lowest BCUT2D eigenvalue weighted by Gasteiger charge is -2.29. The van der Waals surface area contributed by atoms with Gasteiger partial charge in [-0.05, 0) is 25.8 Å². The highest BCUT2D eigenvalue weighted by atomic mass is 16.1. The lowest BCUT2D eigenvalue weighted by molar-refractivity contribution is 0.100. The molecule has 1 aliphatic rings. The van der Waals surface area contributed by atoms with Crippen molar-refractivity contribution in [2.75, 3.05) is 17.2 Å². The molecule has 4 N–H and O–H groups in total. The molecule has 18 heavy (non-hydrogen) atoms. The van der Waals surface area contributed by atoms with Crippen LogP contribution in [0.15, 0.2) is 12.3 Å². The predicted octanol–water partition coefficient (Wildman–Crippen LogP) is 1.53. The minimum atomic E-state index is -0.501. The molecule has 5 nitrogen and oxygen atoms in total. The van der Waals surface area contributed by atoms with Crippen molar-refractivity contribution in [3.8, 4) is 0 Å². The number of primary amides is 1. The summed E-state index contributed by atoms with van der Waals surface area (Å²) < 4.78 is 0. The van der Waals surface area contributed by atoms with Crippen molar-refractivity contribution in [3.05, 3.63) is 17.8 Å². The van der Waals surface area contributed by atoms with Gasteiger partial charge in [-0.1, -0.05) is 12.8 Å². The zero-order valence-corrected chi connectivity index (χ0v) is 10.7. The van der Waals surface area contributed by atoms with Crippen molar-refractivity contribution in [1.29, 1.82) is 0 Å². The highest BCUT2D eigenvalue weighted by Gasteiger charge is 2.23. The van der Waals surface area contributed by atoms with E-state index in [0.717, 1.165) is 12.4 Å². The quantitative estimate of drug-likeness (QED) is 0.846.